The Balaban J connectivity index is 1.29. The van der Waals surface area contributed by atoms with Gasteiger partial charge in [-0.25, -0.2) is 0 Å². The summed E-state index contributed by atoms with van der Waals surface area (Å²) in [5.41, 5.74) is 4.53. The topological polar surface area (TPSA) is 87.5 Å². The molecule has 2 aromatic carbocycles. The van der Waals surface area contributed by atoms with Crippen LogP contribution >= 0.6 is 11.8 Å². The van der Waals surface area contributed by atoms with Crippen molar-refractivity contribution in [1.29, 1.82) is 0 Å². The maximum atomic E-state index is 13.5. The number of rotatable bonds is 4. The van der Waals surface area contributed by atoms with E-state index >= 15 is 0 Å². The van der Waals surface area contributed by atoms with Gasteiger partial charge in [0.15, 0.2) is 0 Å². The molecule has 33 heavy (non-hydrogen) atoms. The Morgan fingerprint density at radius 1 is 1.06 bits per heavy atom. The van der Waals surface area contributed by atoms with E-state index in [-0.39, 0.29) is 30.7 Å². The summed E-state index contributed by atoms with van der Waals surface area (Å²) in [7, 11) is 1.82. The molecule has 0 fully saturated rings. The summed E-state index contributed by atoms with van der Waals surface area (Å²) in [6, 6.07) is 14.5. The molecule has 9 heteroatoms. The van der Waals surface area contributed by atoms with E-state index in [4.69, 9.17) is 0 Å². The standard InChI is InChI=1S/C24H21N5O3S/c1-27-21(17-12-33-13-18(17)26-27)25-20(30)10-11-28-22-14-6-2-3-7-15(14)24(32)29(22)19-9-5-4-8-16(19)23(28)31/h2-9,22H,10-13H2,1H3,(H,25,30). The molecule has 0 saturated heterocycles. The van der Waals surface area contributed by atoms with Crippen molar-refractivity contribution in [1.82, 2.24) is 14.7 Å². The predicted molar refractivity (Wildman–Crippen MR) is 125 cm³/mol. The highest BCUT2D eigenvalue weighted by molar-refractivity contribution is 7.98. The number of hydrogen-bond acceptors (Lipinski definition) is 5. The van der Waals surface area contributed by atoms with Gasteiger partial charge in [0, 0.05) is 48.2 Å². The number of benzene rings is 2. The Morgan fingerprint density at radius 2 is 1.82 bits per heavy atom. The lowest BCUT2D eigenvalue weighted by molar-refractivity contribution is -0.116. The van der Waals surface area contributed by atoms with Gasteiger partial charge in [0.2, 0.25) is 5.91 Å². The van der Waals surface area contributed by atoms with Gasteiger partial charge in [0.1, 0.15) is 12.0 Å². The maximum Gasteiger partial charge on any atom is 0.260 e. The van der Waals surface area contributed by atoms with Crippen LogP contribution in [0.1, 0.15) is 50.1 Å². The molecule has 1 atom stereocenters. The molecule has 166 valence electrons. The van der Waals surface area contributed by atoms with Gasteiger partial charge in [-0.1, -0.05) is 30.3 Å². The SMILES string of the molecule is Cn1nc2c(c1NC(=O)CCN1C(=O)c3ccccc3N3C(=O)c4ccccc4C13)CSC2. The molecule has 3 amide bonds. The Hall–Kier alpha value is -3.59. The number of para-hydroxylation sites is 1. The number of hydrogen-bond donors (Lipinski definition) is 1. The number of carbonyl (C=O) groups is 3. The molecule has 3 aliphatic heterocycles. The minimum absolute atomic E-state index is 0.113. The van der Waals surface area contributed by atoms with Crippen molar-refractivity contribution in [3.8, 4) is 0 Å². The first-order valence-corrected chi connectivity index (χ1v) is 11.9. The molecular weight excluding hydrogens is 438 g/mol. The molecule has 6 rings (SSSR count). The minimum atomic E-state index is -0.554. The quantitative estimate of drug-likeness (QED) is 0.647. The van der Waals surface area contributed by atoms with Crippen LogP contribution in [-0.4, -0.2) is 38.9 Å². The van der Waals surface area contributed by atoms with Crippen LogP contribution in [0.25, 0.3) is 0 Å². The summed E-state index contributed by atoms with van der Waals surface area (Å²) in [5, 5.41) is 7.46. The Kier molecular flexibility index (Phi) is 4.55. The molecular formula is C24H21N5O3S. The van der Waals surface area contributed by atoms with E-state index < -0.39 is 6.17 Å². The zero-order chi connectivity index (χ0) is 22.7. The first-order chi connectivity index (χ1) is 16.0. The first kappa shape index (κ1) is 20.0. The summed E-state index contributed by atoms with van der Waals surface area (Å²) in [6.45, 7) is 0.191. The van der Waals surface area contributed by atoms with Crippen LogP contribution in [0.2, 0.25) is 0 Å². The van der Waals surface area contributed by atoms with Crippen molar-refractivity contribution >= 4 is 41.0 Å². The number of thioether (sulfide) groups is 1. The molecule has 0 spiro atoms. The van der Waals surface area contributed by atoms with Gasteiger partial charge in [-0.2, -0.15) is 16.9 Å². The normalized spacial score (nSPS) is 18.2. The van der Waals surface area contributed by atoms with Crippen LogP contribution in [0.5, 0.6) is 0 Å². The molecule has 3 aromatic rings. The number of nitrogens with one attached hydrogen (secondary N) is 1. The summed E-state index contributed by atoms with van der Waals surface area (Å²) >= 11 is 1.78. The molecule has 0 saturated carbocycles. The number of fused-ring (bicyclic) bond motifs is 6. The molecule has 1 aromatic heterocycles. The number of anilines is 2. The van der Waals surface area contributed by atoms with Crippen LogP contribution in [0.3, 0.4) is 0 Å². The first-order valence-electron chi connectivity index (χ1n) is 10.8. The monoisotopic (exact) mass is 459 g/mol. The summed E-state index contributed by atoms with van der Waals surface area (Å²) in [6.07, 6.45) is -0.442. The van der Waals surface area contributed by atoms with E-state index in [0.29, 0.717) is 16.8 Å². The second-order valence-electron chi connectivity index (χ2n) is 8.34. The molecule has 8 nitrogen and oxygen atoms in total. The lowest BCUT2D eigenvalue weighted by atomic mass is 10.0. The average molecular weight is 460 g/mol. The van der Waals surface area contributed by atoms with E-state index in [9.17, 15) is 14.4 Å². The minimum Gasteiger partial charge on any atom is -0.313 e. The fraction of sp³-hybridized carbons (Fsp3) is 0.250. The van der Waals surface area contributed by atoms with Gasteiger partial charge >= 0.3 is 0 Å². The van der Waals surface area contributed by atoms with E-state index in [2.05, 4.69) is 10.4 Å². The van der Waals surface area contributed by atoms with Gasteiger partial charge in [0.25, 0.3) is 11.8 Å². The predicted octanol–water partition coefficient (Wildman–Crippen LogP) is 3.31. The number of aromatic nitrogens is 2. The number of carbonyl (C=O) groups excluding carboxylic acids is 3. The summed E-state index contributed by atoms with van der Waals surface area (Å²) in [5.74, 6) is 1.91. The number of amides is 3. The molecule has 1 N–H and O–H groups in total. The summed E-state index contributed by atoms with van der Waals surface area (Å²) < 4.78 is 1.71. The van der Waals surface area contributed by atoms with Crippen molar-refractivity contribution in [3.63, 3.8) is 0 Å². The zero-order valence-corrected chi connectivity index (χ0v) is 18.8. The lowest BCUT2D eigenvalue weighted by Gasteiger charge is -2.40. The third-order valence-corrected chi connectivity index (χ3v) is 7.40. The fourth-order valence-electron chi connectivity index (χ4n) is 4.91. The third kappa shape index (κ3) is 2.99. The Bertz CT molecular complexity index is 1330. The van der Waals surface area contributed by atoms with Gasteiger partial charge < -0.3 is 10.2 Å². The molecule has 0 aliphatic carbocycles. The largest absolute Gasteiger partial charge is 0.313 e. The van der Waals surface area contributed by atoms with Gasteiger partial charge in [-0.3, -0.25) is 24.0 Å². The third-order valence-electron chi connectivity index (χ3n) is 6.43. The van der Waals surface area contributed by atoms with Crippen LogP contribution in [-0.2, 0) is 23.3 Å². The fourth-order valence-corrected chi connectivity index (χ4v) is 5.95. The van der Waals surface area contributed by atoms with E-state index in [1.807, 2.05) is 31.3 Å². The maximum absolute atomic E-state index is 13.5. The van der Waals surface area contributed by atoms with E-state index in [1.54, 1.807) is 50.5 Å². The Labute approximate surface area is 194 Å². The van der Waals surface area contributed by atoms with Gasteiger partial charge in [-0.15, -0.1) is 0 Å². The van der Waals surface area contributed by atoms with E-state index in [0.717, 1.165) is 34.1 Å². The van der Waals surface area contributed by atoms with Crippen LogP contribution in [0, 0.1) is 0 Å². The smallest absolute Gasteiger partial charge is 0.260 e. The van der Waals surface area contributed by atoms with Crippen molar-refractivity contribution < 1.29 is 14.4 Å². The van der Waals surface area contributed by atoms with Crippen molar-refractivity contribution in [2.24, 2.45) is 7.05 Å². The highest BCUT2D eigenvalue weighted by Crippen LogP contribution is 2.45. The van der Waals surface area contributed by atoms with E-state index in [1.165, 1.54) is 0 Å². The van der Waals surface area contributed by atoms with Gasteiger partial charge in [-0.05, 0) is 18.2 Å². The molecule has 4 heterocycles. The van der Waals surface area contributed by atoms with Crippen LogP contribution < -0.4 is 10.2 Å². The molecule has 0 radical (unpaired) electrons. The highest BCUT2D eigenvalue weighted by Gasteiger charge is 2.47. The number of aryl methyl sites for hydroxylation is 1. The van der Waals surface area contributed by atoms with Crippen molar-refractivity contribution in [2.75, 3.05) is 16.8 Å². The molecule has 3 aliphatic rings. The van der Waals surface area contributed by atoms with Crippen molar-refractivity contribution in [2.45, 2.75) is 24.1 Å². The highest BCUT2D eigenvalue weighted by atomic mass is 32.2. The number of nitrogens with zero attached hydrogens (tertiary/aromatic N) is 4. The molecule has 1 unspecified atom stereocenters. The Morgan fingerprint density at radius 3 is 2.67 bits per heavy atom. The zero-order valence-electron chi connectivity index (χ0n) is 17.9. The average Bonchev–Trinajstić information content (AvgIpc) is 3.48. The van der Waals surface area contributed by atoms with Crippen molar-refractivity contribution in [3.05, 3.63) is 76.5 Å². The lowest BCUT2D eigenvalue weighted by Crippen LogP contribution is -2.49. The summed E-state index contributed by atoms with van der Waals surface area (Å²) in [4.78, 5) is 42.9. The molecule has 0 bridgehead atoms. The van der Waals surface area contributed by atoms with Crippen LogP contribution in [0.4, 0.5) is 11.5 Å². The van der Waals surface area contributed by atoms with Crippen LogP contribution in [0.15, 0.2) is 48.5 Å². The van der Waals surface area contributed by atoms with Gasteiger partial charge in [0.05, 0.1) is 16.9 Å². The second-order valence-corrected chi connectivity index (χ2v) is 9.33. The second kappa shape index (κ2) is 7.48.